The fourth-order valence-electron chi connectivity index (χ4n) is 1.86. The summed E-state index contributed by atoms with van der Waals surface area (Å²) in [6.45, 7) is 0.475. The summed E-state index contributed by atoms with van der Waals surface area (Å²) in [5, 5.41) is 0.585. The Kier molecular flexibility index (Phi) is 2.83. The highest BCUT2D eigenvalue weighted by atomic mass is 35.5. The van der Waals surface area contributed by atoms with Gasteiger partial charge in [0.15, 0.2) is 0 Å². The van der Waals surface area contributed by atoms with Crippen LogP contribution in [-0.2, 0) is 0 Å². The zero-order chi connectivity index (χ0) is 10.9. The van der Waals surface area contributed by atoms with Gasteiger partial charge in [0.25, 0.3) is 5.92 Å². The van der Waals surface area contributed by atoms with Crippen LogP contribution in [0.3, 0.4) is 0 Å². The number of nitrogens with zero attached hydrogens (tertiary/aromatic N) is 1. The first-order valence-corrected chi connectivity index (χ1v) is 5.33. The van der Waals surface area contributed by atoms with Crippen LogP contribution >= 0.6 is 11.6 Å². The summed E-state index contributed by atoms with van der Waals surface area (Å²) in [5.74, 6) is -2.57. The molecule has 0 radical (unpaired) electrons. The van der Waals surface area contributed by atoms with Crippen molar-refractivity contribution >= 4 is 17.3 Å². The molecule has 0 saturated carbocycles. The molecule has 0 aliphatic carbocycles. The summed E-state index contributed by atoms with van der Waals surface area (Å²) in [7, 11) is 0. The van der Waals surface area contributed by atoms with Crippen molar-refractivity contribution in [3.05, 3.63) is 29.3 Å². The molecule has 1 aliphatic rings. The lowest BCUT2D eigenvalue weighted by molar-refractivity contribution is -0.0116. The maximum Gasteiger partial charge on any atom is 0.265 e. The van der Waals surface area contributed by atoms with Gasteiger partial charge in [-0.2, -0.15) is 0 Å². The van der Waals surface area contributed by atoms with Crippen LogP contribution in [0.4, 0.5) is 14.5 Å². The van der Waals surface area contributed by atoms with Gasteiger partial charge in [0.05, 0.1) is 6.54 Å². The Morgan fingerprint density at radius 1 is 1.33 bits per heavy atom. The van der Waals surface area contributed by atoms with Gasteiger partial charge in [0, 0.05) is 23.7 Å². The monoisotopic (exact) mass is 231 g/mol. The number of rotatable bonds is 1. The fourth-order valence-corrected chi connectivity index (χ4v) is 2.04. The lowest BCUT2D eigenvalue weighted by Crippen LogP contribution is -2.42. The smallest absolute Gasteiger partial charge is 0.265 e. The second-order valence-electron chi connectivity index (χ2n) is 3.86. The van der Waals surface area contributed by atoms with E-state index in [2.05, 4.69) is 0 Å². The lowest BCUT2D eigenvalue weighted by Gasteiger charge is -2.34. The van der Waals surface area contributed by atoms with E-state index < -0.39 is 5.92 Å². The Labute approximate surface area is 92.6 Å². The summed E-state index contributed by atoms with van der Waals surface area (Å²) in [5.41, 5.74) is 0.780. The summed E-state index contributed by atoms with van der Waals surface area (Å²) >= 11 is 5.82. The van der Waals surface area contributed by atoms with E-state index in [0.717, 1.165) is 5.69 Å². The third-order valence-electron chi connectivity index (χ3n) is 2.57. The predicted octanol–water partition coefficient (Wildman–Crippen LogP) is 3.58. The molecule has 2 rings (SSSR count). The molecular formula is C11H12ClF2N. The van der Waals surface area contributed by atoms with Crippen molar-refractivity contribution in [3.63, 3.8) is 0 Å². The second kappa shape index (κ2) is 3.97. The first-order chi connectivity index (χ1) is 7.07. The van der Waals surface area contributed by atoms with Crippen LogP contribution in [0.1, 0.15) is 12.8 Å². The first-order valence-electron chi connectivity index (χ1n) is 4.95. The number of hydrogen-bond acceptors (Lipinski definition) is 1. The Morgan fingerprint density at radius 2 is 2.13 bits per heavy atom. The van der Waals surface area contributed by atoms with Crippen LogP contribution < -0.4 is 4.90 Å². The van der Waals surface area contributed by atoms with Crippen molar-refractivity contribution in [1.29, 1.82) is 0 Å². The van der Waals surface area contributed by atoms with Gasteiger partial charge in [-0.15, -0.1) is 0 Å². The van der Waals surface area contributed by atoms with Gasteiger partial charge in [-0.3, -0.25) is 0 Å². The van der Waals surface area contributed by atoms with Crippen LogP contribution in [0.2, 0.25) is 5.02 Å². The largest absolute Gasteiger partial charge is 0.365 e. The third kappa shape index (κ3) is 2.59. The van der Waals surface area contributed by atoms with E-state index in [0.29, 0.717) is 18.0 Å². The molecule has 1 heterocycles. The van der Waals surface area contributed by atoms with Crippen LogP contribution in [0.15, 0.2) is 24.3 Å². The van der Waals surface area contributed by atoms with Crippen LogP contribution in [0.5, 0.6) is 0 Å². The van der Waals surface area contributed by atoms with Gasteiger partial charge >= 0.3 is 0 Å². The van der Waals surface area contributed by atoms with Crippen molar-refractivity contribution in [3.8, 4) is 0 Å². The fraction of sp³-hybridized carbons (Fsp3) is 0.455. The number of piperidine rings is 1. The van der Waals surface area contributed by atoms with Gasteiger partial charge in [0.1, 0.15) is 0 Å². The average molecular weight is 232 g/mol. The zero-order valence-electron chi connectivity index (χ0n) is 8.22. The molecule has 0 unspecified atom stereocenters. The molecule has 1 saturated heterocycles. The molecule has 15 heavy (non-hydrogen) atoms. The molecule has 82 valence electrons. The Balaban J connectivity index is 2.17. The molecule has 1 aliphatic heterocycles. The first kappa shape index (κ1) is 10.7. The molecular weight excluding hydrogens is 220 g/mol. The van der Waals surface area contributed by atoms with Gasteiger partial charge in [-0.05, 0) is 24.6 Å². The SMILES string of the molecule is FC1(F)CCCN(c2cccc(Cl)c2)C1. The van der Waals surface area contributed by atoms with E-state index in [1.54, 1.807) is 23.1 Å². The molecule has 1 aromatic rings. The minimum atomic E-state index is -2.57. The highest BCUT2D eigenvalue weighted by Crippen LogP contribution is 2.30. The van der Waals surface area contributed by atoms with Crippen molar-refractivity contribution in [2.45, 2.75) is 18.8 Å². The Hall–Kier alpha value is -0.830. The summed E-state index contributed by atoms with van der Waals surface area (Å²) in [6, 6.07) is 7.06. The number of benzene rings is 1. The molecule has 0 aromatic heterocycles. The molecule has 1 aromatic carbocycles. The third-order valence-corrected chi connectivity index (χ3v) is 2.80. The summed E-state index contributed by atoms with van der Waals surface area (Å²) < 4.78 is 26.3. The average Bonchev–Trinajstić information content (AvgIpc) is 2.16. The van der Waals surface area contributed by atoms with E-state index in [-0.39, 0.29) is 13.0 Å². The zero-order valence-corrected chi connectivity index (χ0v) is 8.97. The molecule has 0 N–H and O–H groups in total. The second-order valence-corrected chi connectivity index (χ2v) is 4.30. The Bertz CT molecular complexity index is 354. The van der Waals surface area contributed by atoms with Crippen LogP contribution in [-0.4, -0.2) is 19.0 Å². The van der Waals surface area contributed by atoms with Crippen molar-refractivity contribution in [2.75, 3.05) is 18.0 Å². The van der Waals surface area contributed by atoms with Crippen LogP contribution in [0.25, 0.3) is 0 Å². The normalized spacial score (nSPS) is 20.3. The maximum absolute atomic E-state index is 13.2. The predicted molar refractivity (Wildman–Crippen MR) is 57.8 cm³/mol. The number of alkyl halides is 2. The van der Waals surface area contributed by atoms with Crippen LogP contribution in [0, 0.1) is 0 Å². The molecule has 0 amide bonds. The van der Waals surface area contributed by atoms with Gasteiger partial charge in [-0.1, -0.05) is 17.7 Å². The van der Waals surface area contributed by atoms with Crippen molar-refractivity contribution in [1.82, 2.24) is 0 Å². The molecule has 1 nitrogen and oxygen atoms in total. The van der Waals surface area contributed by atoms with Gasteiger partial charge < -0.3 is 4.90 Å². The minimum absolute atomic E-state index is 0.00986. The molecule has 0 atom stereocenters. The minimum Gasteiger partial charge on any atom is -0.365 e. The van der Waals surface area contributed by atoms with Gasteiger partial charge in [0.2, 0.25) is 0 Å². The summed E-state index contributed by atoms with van der Waals surface area (Å²) in [6.07, 6.45) is 0.517. The Morgan fingerprint density at radius 3 is 2.80 bits per heavy atom. The van der Waals surface area contributed by atoms with E-state index in [9.17, 15) is 8.78 Å². The highest BCUT2D eigenvalue weighted by Gasteiger charge is 2.35. The topological polar surface area (TPSA) is 3.24 Å². The quantitative estimate of drug-likeness (QED) is 0.714. The van der Waals surface area contributed by atoms with E-state index >= 15 is 0 Å². The highest BCUT2D eigenvalue weighted by molar-refractivity contribution is 6.30. The van der Waals surface area contributed by atoms with E-state index in [4.69, 9.17) is 11.6 Å². The van der Waals surface area contributed by atoms with Crippen molar-refractivity contribution < 1.29 is 8.78 Å². The number of hydrogen-bond donors (Lipinski definition) is 0. The van der Waals surface area contributed by atoms with E-state index in [1.165, 1.54) is 0 Å². The number of anilines is 1. The molecule has 0 spiro atoms. The maximum atomic E-state index is 13.2. The molecule has 4 heteroatoms. The number of halogens is 3. The van der Waals surface area contributed by atoms with Crippen molar-refractivity contribution in [2.24, 2.45) is 0 Å². The van der Waals surface area contributed by atoms with E-state index in [1.807, 2.05) is 6.07 Å². The lowest BCUT2D eigenvalue weighted by atomic mass is 10.1. The van der Waals surface area contributed by atoms with Gasteiger partial charge in [-0.25, -0.2) is 8.78 Å². The standard InChI is InChI=1S/C11H12ClF2N/c12-9-3-1-4-10(7-9)15-6-2-5-11(13,14)8-15/h1,3-4,7H,2,5-6,8H2. The summed E-state index contributed by atoms with van der Waals surface area (Å²) in [4.78, 5) is 1.69. The molecule has 0 bridgehead atoms. The molecule has 1 fully saturated rings.